The number of para-hydroxylation sites is 1. The first kappa shape index (κ1) is 20.7. The molecule has 1 amide bonds. The summed E-state index contributed by atoms with van der Waals surface area (Å²) in [5.41, 5.74) is 0.651. The van der Waals surface area contributed by atoms with E-state index in [4.69, 9.17) is 0 Å². The Morgan fingerprint density at radius 2 is 1.46 bits per heavy atom. The third kappa shape index (κ3) is 6.97. The molecule has 3 nitrogen and oxygen atoms in total. The van der Waals surface area contributed by atoms with Crippen LogP contribution >= 0.6 is 0 Å². The smallest absolute Gasteiger partial charge is 0.222 e. The zero-order valence-electron chi connectivity index (χ0n) is 16.4. The average molecular weight is 363 g/mol. The SMILES string of the molecule is CCCCCCCCCCCC(=O)N1CCN(c2ccccc2F)CC1. The molecular weight excluding hydrogens is 327 g/mol. The minimum atomic E-state index is -0.179. The van der Waals surface area contributed by atoms with E-state index < -0.39 is 0 Å². The predicted molar refractivity (Wildman–Crippen MR) is 107 cm³/mol. The van der Waals surface area contributed by atoms with E-state index in [2.05, 4.69) is 6.92 Å². The van der Waals surface area contributed by atoms with Crippen molar-refractivity contribution in [3.05, 3.63) is 30.1 Å². The molecule has 0 radical (unpaired) electrons. The summed E-state index contributed by atoms with van der Waals surface area (Å²) in [6.45, 7) is 5.07. The fraction of sp³-hybridized carbons (Fsp3) is 0.682. The number of carbonyl (C=O) groups is 1. The lowest BCUT2D eigenvalue weighted by molar-refractivity contribution is -0.131. The summed E-state index contributed by atoms with van der Waals surface area (Å²) < 4.78 is 13.9. The topological polar surface area (TPSA) is 23.6 Å². The highest BCUT2D eigenvalue weighted by atomic mass is 19.1. The zero-order valence-corrected chi connectivity index (χ0v) is 16.4. The molecule has 0 spiro atoms. The van der Waals surface area contributed by atoms with E-state index in [9.17, 15) is 9.18 Å². The molecule has 1 aliphatic rings. The lowest BCUT2D eigenvalue weighted by atomic mass is 10.1. The van der Waals surface area contributed by atoms with Gasteiger partial charge in [-0.25, -0.2) is 4.39 Å². The van der Waals surface area contributed by atoms with E-state index >= 15 is 0 Å². The number of halogens is 1. The summed E-state index contributed by atoms with van der Waals surface area (Å²) in [7, 11) is 0. The van der Waals surface area contributed by atoms with Crippen molar-refractivity contribution in [1.29, 1.82) is 0 Å². The lowest BCUT2D eigenvalue weighted by Gasteiger charge is -2.36. The molecule has 1 aromatic rings. The number of amides is 1. The van der Waals surface area contributed by atoms with Crippen molar-refractivity contribution in [3.63, 3.8) is 0 Å². The summed E-state index contributed by atoms with van der Waals surface area (Å²) in [5, 5.41) is 0. The first-order valence-corrected chi connectivity index (χ1v) is 10.5. The largest absolute Gasteiger partial charge is 0.366 e. The van der Waals surface area contributed by atoms with Crippen LogP contribution < -0.4 is 4.90 Å². The molecule has 0 unspecified atom stereocenters. The van der Waals surface area contributed by atoms with Gasteiger partial charge in [-0.3, -0.25) is 4.79 Å². The number of hydrogen-bond donors (Lipinski definition) is 0. The molecule has 1 aromatic carbocycles. The summed E-state index contributed by atoms with van der Waals surface area (Å²) in [4.78, 5) is 16.3. The van der Waals surface area contributed by atoms with Crippen molar-refractivity contribution in [2.24, 2.45) is 0 Å². The number of hydrogen-bond acceptors (Lipinski definition) is 2. The monoisotopic (exact) mass is 362 g/mol. The van der Waals surface area contributed by atoms with Crippen molar-refractivity contribution in [2.45, 2.75) is 71.1 Å². The average Bonchev–Trinajstić information content (AvgIpc) is 2.67. The van der Waals surface area contributed by atoms with Gasteiger partial charge in [0.15, 0.2) is 0 Å². The number of piperazine rings is 1. The molecule has 0 saturated carbocycles. The minimum absolute atomic E-state index is 0.179. The Morgan fingerprint density at radius 1 is 0.885 bits per heavy atom. The van der Waals surface area contributed by atoms with Gasteiger partial charge in [-0.2, -0.15) is 0 Å². The van der Waals surface area contributed by atoms with Crippen LogP contribution in [0.15, 0.2) is 24.3 Å². The maximum absolute atomic E-state index is 13.9. The molecule has 1 aliphatic heterocycles. The third-order valence-corrected chi connectivity index (χ3v) is 5.32. The fourth-order valence-electron chi connectivity index (χ4n) is 3.65. The predicted octanol–water partition coefficient (Wildman–Crippen LogP) is 5.40. The van der Waals surface area contributed by atoms with E-state index in [-0.39, 0.29) is 11.7 Å². The molecule has 26 heavy (non-hydrogen) atoms. The number of benzene rings is 1. The number of carbonyl (C=O) groups excluding carboxylic acids is 1. The second-order valence-corrected chi connectivity index (χ2v) is 7.40. The molecule has 0 aromatic heterocycles. The highest BCUT2D eigenvalue weighted by molar-refractivity contribution is 5.76. The first-order chi connectivity index (χ1) is 12.7. The highest BCUT2D eigenvalue weighted by Crippen LogP contribution is 2.20. The molecule has 146 valence electrons. The maximum Gasteiger partial charge on any atom is 0.222 e. The maximum atomic E-state index is 13.9. The van der Waals surface area contributed by atoms with Crippen LogP contribution in [0.5, 0.6) is 0 Å². The Balaban J connectivity index is 1.55. The molecule has 0 atom stereocenters. The van der Waals surface area contributed by atoms with E-state index in [1.165, 1.54) is 51.0 Å². The molecule has 0 N–H and O–H groups in total. The summed E-state index contributed by atoms with van der Waals surface area (Å²) in [6, 6.07) is 6.88. The molecule has 4 heteroatoms. The van der Waals surface area contributed by atoms with E-state index in [0.29, 0.717) is 38.3 Å². The standard InChI is InChI=1S/C22H35FN2O/c1-2-3-4-5-6-7-8-9-10-15-22(26)25-18-16-24(17-19-25)21-14-12-11-13-20(21)23/h11-14H,2-10,15-19H2,1H3. The minimum Gasteiger partial charge on any atom is -0.366 e. The van der Waals surface area contributed by atoms with Crippen LogP contribution in [0.25, 0.3) is 0 Å². The Labute approximate surface area is 158 Å². The van der Waals surface area contributed by atoms with Crippen LogP contribution in [0.3, 0.4) is 0 Å². The van der Waals surface area contributed by atoms with Crippen molar-refractivity contribution in [1.82, 2.24) is 4.90 Å². The molecule has 1 heterocycles. The lowest BCUT2D eigenvalue weighted by Crippen LogP contribution is -2.49. The van der Waals surface area contributed by atoms with E-state index in [1.54, 1.807) is 6.07 Å². The summed E-state index contributed by atoms with van der Waals surface area (Å²) in [6.07, 6.45) is 12.1. The number of rotatable bonds is 11. The Bertz CT molecular complexity index is 527. The van der Waals surface area contributed by atoms with Crippen LogP contribution in [-0.2, 0) is 4.79 Å². The van der Waals surface area contributed by atoms with Gasteiger partial charge in [-0.05, 0) is 18.6 Å². The molecule has 0 bridgehead atoms. The summed E-state index contributed by atoms with van der Waals surface area (Å²) >= 11 is 0. The van der Waals surface area contributed by atoms with Crippen LogP contribution in [0.2, 0.25) is 0 Å². The van der Waals surface area contributed by atoms with Gasteiger partial charge in [0.25, 0.3) is 0 Å². The van der Waals surface area contributed by atoms with E-state index in [0.717, 1.165) is 12.8 Å². The van der Waals surface area contributed by atoms with Gasteiger partial charge >= 0.3 is 0 Å². The van der Waals surface area contributed by atoms with Gasteiger partial charge in [0.05, 0.1) is 5.69 Å². The second kappa shape index (κ2) is 11.9. The van der Waals surface area contributed by atoms with Gasteiger partial charge in [-0.15, -0.1) is 0 Å². The fourth-order valence-corrected chi connectivity index (χ4v) is 3.65. The number of anilines is 1. The number of unbranched alkanes of at least 4 members (excludes halogenated alkanes) is 8. The molecule has 1 saturated heterocycles. The zero-order chi connectivity index (χ0) is 18.6. The van der Waals surface area contributed by atoms with Crippen LogP contribution in [0.4, 0.5) is 10.1 Å². The van der Waals surface area contributed by atoms with Crippen LogP contribution in [-0.4, -0.2) is 37.0 Å². The molecule has 0 aliphatic carbocycles. The quantitative estimate of drug-likeness (QED) is 0.492. The van der Waals surface area contributed by atoms with Gasteiger partial charge in [-0.1, -0.05) is 70.4 Å². The van der Waals surface area contributed by atoms with Gasteiger partial charge in [0.2, 0.25) is 5.91 Å². The van der Waals surface area contributed by atoms with Crippen molar-refractivity contribution in [3.8, 4) is 0 Å². The molecular formula is C22H35FN2O. The van der Waals surface area contributed by atoms with Gasteiger partial charge in [0.1, 0.15) is 5.82 Å². The molecule has 2 rings (SSSR count). The first-order valence-electron chi connectivity index (χ1n) is 10.5. The number of nitrogens with zero attached hydrogens (tertiary/aromatic N) is 2. The Kier molecular flexibility index (Phi) is 9.51. The van der Waals surface area contributed by atoms with Gasteiger partial charge < -0.3 is 9.80 Å². The normalized spacial score (nSPS) is 14.7. The van der Waals surface area contributed by atoms with Crippen molar-refractivity contribution < 1.29 is 9.18 Å². The summed E-state index contributed by atoms with van der Waals surface area (Å²) in [5.74, 6) is 0.0862. The second-order valence-electron chi connectivity index (χ2n) is 7.40. The molecule has 1 fully saturated rings. The Hall–Kier alpha value is -1.58. The van der Waals surface area contributed by atoms with Gasteiger partial charge in [0, 0.05) is 32.6 Å². The van der Waals surface area contributed by atoms with E-state index in [1.807, 2.05) is 21.9 Å². The third-order valence-electron chi connectivity index (χ3n) is 5.32. The van der Waals surface area contributed by atoms with Crippen molar-refractivity contribution >= 4 is 11.6 Å². The van der Waals surface area contributed by atoms with Crippen LogP contribution in [0.1, 0.15) is 71.1 Å². The van der Waals surface area contributed by atoms with Crippen molar-refractivity contribution in [2.75, 3.05) is 31.1 Å². The Morgan fingerprint density at radius 3 is 2.08 bits per heavy atom. The highest BCUT2D eigenvalue weighted by Gasteiger charge is 2.22. The van der Waals surface area contributed by atoms with Crippen LogP contribution in [0, 0.1) is 5.82 Å².